The molecule has 0 saturated heterocycles. The van der Waals surface area contributed by atoms with Crippen molar-refractivity contribution in [2.75, 3.05) is 34.5 Å². The molecule has 2 heterocycles. The number of aromatic nitrogens is 2. The Labute approximate surface area is 175 Å². The summed E-state index contributed by atoms with van der Waals surface area (Å²) in [7, 11) is 4.88. The summed E-state index contributed by atoms with van der Waals surface area (Å²) in [5, 5.41) is 7.47. The Morgan fingerprint density at radius 2 is 1.80 bits per heavy atom. The highest BCUT2D eigenvalue weighted by Crippen LogP contribution is 2.44. The number of nitrogens with zero attached hydrogens (tertiary/aromatic N) is 2. The summed E-state index contributed by atoms with van der Waals surface area (Å²) in [6.07, 6.45) is 0.740. The van der Waals surface area contributed by atoms with Gasteiger partial charge in [-0.3, -0.25) is 9.89 Å². The predicted molar refractivity (Wildman–Crippen MR) is 113 cm³/mol. The lowest BCUT2D eigenvalue weighted by molar-refractivity contribution is 0.0723. The maximum atomic E-state index is 13.3. The van der Waals surface area contributed by atoms with Crippen molar-refractivity contribution in [1.29, 1.82) is 0 Å². The first-order valence-electron chi connectivity index (χ1n) is 9.85. The Kier molecular flexibility index (Phi) is 5.72. The summed E-state index contributed by atoms with van der Waals surface area (Å²) >= 11 is 0. The van der Waals surface area contributed by atoms with Crippen molar-refractivity contribution in [2.24, 2.45) is 0 Å². The molecule has 1 amide bonds. The second kappa shape index (κ2) is 8.59. The van der Waals surface area contributed by atoms with Crippen molar-refractivity contribution >= 4 is 5.91 Å². The normalized spacial score (nSPS) is 15.4. The number of hydrogen-bond acceptors (Lipinski definition) is 5. The van der Waals surface area contributed by atoms with Crippen LogP contribution in [-0.4, -0.2) is 55.5 Å². The number of H-pyrrole nitrogens is 1. The molecule has 1 N–H and O–H groups in total. The van der Waals surface area contributed by atoms with Crippen LogP contribution in [0.1, 0.15) is 34.1 Å². The fourth-order valence-electron chi connectivity index (χ4n) is 3.99. The molecule has 7 heteroatoms. The minimum atomic E-state index is -0.280. The van der Waals surface area contributed by atoms with Gasteiger partial charge in [-0.2, -0.15) is 5.10 Å². The number of amides is 1. The maximum Gasteiger partial charge on any atom is 0.273 e. The molecule has 1 aromatic heterocycles. The Morgan fingerprint density at radius 3 is 2.50 bits per heavy atom. The summed E-state index contributed by atoms with van der Waals surface area (Å²) in [5.41, 5.74) is 4.11. The molecule has 0 radical (unpaired) electrons. The quantitative estimate of drug-likeness (QED) is 0.577. The molecule has 0 saturated carbocycles. The van der Waals surface area contributed by atoms with Gasteiger partial charge in [-0.05, 0) is 24.1 Å². The van der Waals surface area contributed by atoms with E-state index in [-0.39, 0.29) is 11.9 Å². The Bertz CT molecular complexity index is 1030. The number of fused-ring (bicyclic) bond motifs is 1. The van der Waals surface area contributed by atoms with Crippen molar-refractivity contribution in [3.8, 4) is 22.8 Å². The van der Waals surface area contributed by atoms with Crippen molar-refractivity contribution < 1.29 is 19.0 Å². The van der Waals surface area contributed by atoms with Gasteiger partial charge in [0.25, 0.3) is 5.91 Å². The molecule has 30 heavy (non-hydrogen) atoms. The van der Waals surface area contributed by atoms with Gasteiger partial charge < -0.3 is 19.1 Å². The van der Waals surface area contributed by atoms with E-state index < -0.39 is 0 Å². The molecule has 156 valence electrons. The minimum Gasteiger partial charge on any atom is -0.493 e. The van der Waals surface area contributed by atoms with Crippen LogP contribution in [0.4, 0.5) is 0 Å². The third-order valence-corrected chi connectivity index (χ3v) is 5.38. The standard InChI is InChI=1S/C23H25N3O4/c1-28-13-7-12-26-22(16-10-11-17(29-2)18(14-16)30-3)19-20(15-8-5-4-6-9-15)24-25-21(19)23(26)27/h4-6,8-11,14,22H,7,12-13H2,1-3H3,(H,24,25). The highest BCUT2D eigenvalue weighted by molar-refractivity contribution is 6.00. The smallest absolute Gasteiger partial charge is 0.273 e. The Balaban J connectivity index is 1.83. The number of nitrogens with one attached hydrogen (secondary N) is 1. The second-order valence-electron chi connectivity index (χ2n) is 7.09. The number of carbonyl (C=O) groups excluding carboxylic acids is 1. The summed E-state index contributed by atoms with van der Waals surface area (Å²) in [6, 6.07) is 15.4. The molecule has 4 rings (SSSR count). The van der Waals surface area contributed by atoms with Crippen molar-refractivity contribution in [2.45, 2.75) is 12.5 Å². The lowest BCUT2D eigenvalue weighted by atomic mass is 9.95. The van der Waals surface area contributed by atoms with Crippen LogP contribution in [0.5, 0.6) is 11.5 Å². The van der Waals surface area contributed by atoms with Gasteiger partial charge in [0.05, 0.1) is 26.0 Å². The Hall–Kier alpha value is -3.32. The molecule has 0 bridgehead atoms. The molecular formula is C23H25N3O4. The van der Waals surface area contributed by atoms with E-state index >= 15 is 0 Å². The molecule has 7 nitrogen and oxygen atoms in total. The number of hydrogen-bond donors (Lipinski definition) is 1. The molecule has 3 aromatic rings. The predicted octanol–water partition coefficient (Wildman–Crippen LogP) is 3.68. The molecule has 0 aliphatic carbocycles. The highest BCUT2D eigenvalue weighted by Gasteiger charge is 2.42. The average Bonchev–Trinajstić information content (AvgIpc) is 3.33. The zero-order valence-electron chi connectivity index (χ0n) is 17.3. The van der Waals surface area contributed by atoms with Crippen LogP contribution in [0.25, 0.3) is 11.3 Å². The fourth-order valence-corrected chi connectivity index (χ4v) is 3.99. The Morgan fingerprint density at radius 1 is 1.03 bits per heavy atom. The van der Waals surface area contributed by atoms with Gasteiger partial charge in [0.1, 0.15) is 5.69 Å². The molecule has 1 aliphatic rings. The average molecular weight is 407 g/mol. The highest BCUT2D eigenvalue weighted by atomic mass is 16.5. The lowest BCUT2D eigenvalue weighted by Gasteiger charge is -2.27. The monoisotopic (exact) mass is 407 g/mol. The summed E-state index contributed by atoms with van der Waals surface area (Å²) in [4.78, 5) is 15.1. The number of rotatable bonds is 8. The van der Waals surface area contributed by atoms with Gasteiger partial charge in [-0.15, -0.1) is 0 Å². The SMILES string of the molecule is COCCCN1C(=O)c2[nH]nc(-c3ccccc3)c2C1c1ccc(OC)c(OC)c1. The van der Waals surface area contributed by atoms with Gasteiger partial charge in [0.15, 0.2) is 11.5 Å². The third-order valence-electron chi connectivity index (χ3n) is 5.38. The summed E-state index contributed by atoms with van der Waals surface area (Å²) in [6.45, 7) is 1.16. The lowest BCUT2D eigenvalue weighted by Crippen LogP contribution is -2.31. The van der Waals surface area contributed by atoms with Gasteiger partial charge in [-0.25, -0.2) is 0 Å². The number of ether oxygens (including phenoxy) is 3. The number of carbonyl (C=O) groups is 1. The van der Waals surface area contributed by atoms with Crippen LogP contribution in [-0.2, 0) is 4.74 Å². The largest absolute Gasteiger partial charge is 0.493 e. The number of methoxy groups -OCH3 is 3. The van der Waals surface area contributed by atoms with Crippen molar-refractivity contribution in [3.63, 3.8) is 0 Å². The van der Waals surface area contributed by atoms with Crippen LogP contribution in [0.2, 0.25) is 0 Å². The van der Waals surface area contributed by atoms with E-state index in [0.29, 0.717) is 30.3 Å². The van der Waals surface area contributed by atoms with Crippen molar-refractivity contribution in [3.05, 3.63) is 65.4 Å². The van der Waals surface area contributed by atoms with E-state index in [0.717, 1.165) is 28.8 Å². The zero-order chi connectivity index (χ0) is 21.1. The first-order chi connectivity index (χ1) is 14.7. The van der Waals surface area contributed by atoms with E-state index in [1.54, 1.807) is 21.3 Å². The van der Waals surface area contributed by atoms with Crippen LogP contribution < -0.4 is 9.47 Å². The van der Waals surface area contributed by atoms with E-state index in [1.165, 1.54) is 0 Å². The summed E-state index contributed by atoms with van der Waals surface area (Å²) in [5.74, 6) is 1.21. The van der Waals surface area contributed by atoms with Gasteiger partial charge in [0, 0.05) is 31.4 Å². The van der Waals surface area contributed by atoms with Crippen LogP contribution in [0.3, 0.4) is 0 Å². The van der Waals surface area contributed by atoms with Crippen LogP contribution in [0.15, 0.2) is 48.5 Å². The summed E-state index contributed by atoms with van der Waals surface area (Å²) < 4.78 is 16.1. The molecule has 1 aliphatic heterocycles. The number of aromatic amines is 1. The molecule has 1 atom stereocenters. The molecule has 0 spiro atoms. The van der Waals surface area contributed by atoms with E-state index in [1.807, 2.05) is 53.4 Å². The first-order valence-corrected chi connectivity index (χ1v) is 9.85. The van der Waals surface area contributed by atoms with Crippen LogP contribution in [0, 0.1) is 0 Å². The topological polar surface area (TPSA) is 76.7 Å². The van der Waals surface area contributed by atoms with Crippen molar-refractivity contribution in [1.82, 2.24) is 15.1 Å². The number of benzene rings is 2. The molecule has 0 fully saturated rings. The first kappa shape index (κ1) is 20.0. The van der Waals surface area contributed by atoms with Gasteiger partial charge in [0.2, 0.25) is 0 Å². The van der Waals surface area contributed by atoms with E-state index in [4.69, 9.17) is 14.2 Å². The van der Waals surface area contributed by atoms with Gasteiger partial charge >= 0.3 is 0 Å². The van der Waals surface area contributed by atoms with Gasteiger partial charge in [-0.1, -0.05) is 36.4 Å². The van der Waals surface area contributed by atoms with E-state index in [2.05, 4.69) is 10.2 Å². The third kappa shape index (κ3) is 3.41. The molecule has 2 aromatic carbocycles. The van der Waals surface area contributed by atoms with Crippen LogP contribution >= 0.6 is 0 Å². The fraction of sp³-hybridized carbons (Fsp3) is 0.304. The molecule has 1 unspecified atom stereocenters. The zero-order valence-corrected chi connectivity index (χ0v) is 17.3. The minimum absolute atomic E-state index is 0.0597. The molecular weight excluding hydrogens is 382 g/mol. The van der Waals surface area contributed by atoms with E-state index in [9.17, 15) is 4.79 Å². The second-order valence-corrected chi connectivity index (χ2v) is 7.09. The maximum absolute atomic E-state index is 13.3.